The van der Waals surface area contributed by atoms with Crippen molar-refractivity contribution >= 4 is 33.2 Å². The van der Waals surface area contributed by atoms with E-state index in [0.717, 1.165) is 25.6 Å². The van der Waals surface area contributed by atoms with E-state index in [9.17, 15) is 13.2 Å². The quantitative estimate of drug-likeness (QED) is 0.546. The van der Waals surface area contributed by atoms with Gasteiger partial charge in [0.05, 0.1) is 22.2 Å². The summed E-state index contributed by atoms with van der Waals surface area (Å²) in [7, 11) is -3.94. The molecule has 0 atom stereocenters. The minimum atomic E-state index is -3.94. The maximum Gasteiger partial charge on any atom is 0.264 e. The monoisotopic (exact) mass is 473 g/mol. The van der Waals surface area contributed by atoms with E-state index < -0.39 is 10.0 Å². The van der Waals surface area contributed by atoms with E-state index in [2.05, 4.69) is 11.5 Å². The molecule has 2 fully saturated rings. The normalized spacial score (nSPS) is 17.2. The number of carbonyl (C=O) groups excluding carboxylic acids is 1. The fourth-order valence-corrected chi connectivity index (χ4v) is 5.78. The molecule has 1 saturated heterocycles. The Morgan fingerprint density at radius 1 is 1.09 bits per heavy atom. The van der Waals surface area contributed by atoms with Gasteiger partial charge < -0.3 is 4.90 Å². The van der Waals surface area contributed by atoms with Crippen molar-refractivity contribution in [1.82, 2.24) is 9.80 Å². The molecule has 1 aliphatic carbocycles. The Kier molecular flexibility index (Phi) is 6.88. The number of carbonyl (C=O) groups is 1. The van der Waals surface area contributed by atoms with E-state index in [-0.39, 0.29) is 17.3 Å². The lowest BCUT2D eigenvalue weighted by molar-refractivity contribution is 0.0632. The first-order chi connectivity index (χ1) is 15.4. The predicted octanol–water partition coefficient (Wildman–Crippen LogP) is 3.89. The minimum absolute atomic E-state index is 0.0532. The molecule has 2 aromatic carbocycles. The second-order valence-corrected chi connectivity index (χ2v) is 10.6. The van der Waals surface area contributed by atoms with Gasteiger partial charge in [-0.3, -0.25) is 14.0 Å². The summed E-state index contributed by atoms with van der Waals surface area (Å²) >= 11 is 6.27. The zero-order chi connectivity index (χ0) is 22.7. The fraction of sp³-hybridized carbons (Fsp3) is 0.375. The van der Waals surface area contributed by atoms with Crippen LogP contribution in [0.2, 0.25) is 5.02 Å². The van der Waals surface area contributed by atoms with Crippen molar-refractivity contribution in [2.75, 3.05) is 43.6 Å². The Labute approximate surface area is 195 Å². The van der Waals surface area contributed by atoms with Gasteiger partial charge in [-0.2, -0.15) is 0 Å². The number of piperazine rings is 1. The van der Waals surface area contributed by atoms with E-state index in [1.807, 2.05) is 4.90 Å². The highest BCUT2D eigenvalue weighted by Gasteiger charge is 2.29. The number of anilines is 1. The highest BCUT2D eigenvalue weighted by atomic mass is 35.5. The third kappa shape index (κ3) is 5.00. The molecule has 1 saturated carbocycles. The summed E-state index contributed by atoms with van der Waals surface area (Å²) in [6.07, 6.45) is 4.14. The molecule has 0 unspecified atom stereocenters. The molecule has 0 spiro atoms. The number of nitrogens with zero attached hydrogens (tertiary/aromatic N) is 3. The van der Waals surface area contributed by atoms with Crippen LogP contribution in [0.5, 0.6) is 0 Å². The summed E-state index contributed by atoms with van der Waals surface area (Å²) < 4.78 is 28.1. The van der Waals surface area contributed by atoms with Crippen LogP contribution in [0, 0.1) is 5.92 Å². The second-order valence-electron chi connectivity index (χ2n) is 8.34. The number of hydrogen-bond donors (Lipinski definition) is 0. The fourth-order valence-electron chi connectivity index (χ4n) is 4.00. The summed E-state index contributed by atoms with van der Waals surface area (Å²) in [6, 6.07) is 13.0. The van der Waals surface area contributed by atoms with Crippen molar-refractivity contribution in [2.45, 2.75) is 17.7 Å². The molecule has 8 heteroatoms. The molecule has 0 N–H and O–H groups in total. The summed E-state index contributed by atoms with van der Waals surface area (Å²) in [5, 5.41) is 0.328. The average molecular weight is 474 g/mol. The van der Waals surface area contributed by atoms with E-state index >= 15 is 0 Å². The van der Waals surface area contributed by atoms with E-state index in [0.29, 0.717) is 29.4 Å². The predicted molar refractivity (Wildman–Crippen MR) is 128 cm³/mol. The Bertz CT molecular complexity index is 1090. The van der Waals surface area contributed by atoms with Crippen molar-refractivity contribution in [2.24, 2.45) is 5.92 Å². The van der Waals surface area contributed by atoms with Gasteiger partial charge in [-0.05, 0) is 49.1 Å². The average Bonchev–Trinajstić information content (AvgIpc) is 3.62. The van der Waals surface area contributed by atoms with Crippen molar-refractivity contribution in [3.8, 4) is 0 Å². The first-order valence-corrected chi connectivity index (χ1v) is 12.7. The molecular weight excluding hydrogens is 446 g/mol. The maximum atomic E-state index is 13.5. The Morgan fingerprint density at radius 3 is 2.47 bits per heavy atom. The first kappa shape index (κ1) is 22.8. The van der Waals surface area contributed by atoms with E-state index in [1.165, 1.54) is 35.4 Å². The standard InChI is InChI=1S/C24H28ClN3O3S/c1-2-12-28(23-9-4-3-8-22(23)25)32(30,31)21-7-5-6-20(17-21)24(29)27-15-13-26(14-16-27)18-19-10-11-19/h2-9,17,19H,1,10-16,18H2. The second kappa shape index (κ2) is 9.65. The molecular formula is C24H28ClN3O3S. The Hall–Kier alpha value is -2.35. The van der Waals surface area contributed by atoms with Crippen LogP contribution >= 0.6 is 11.6 Å². The van der Waals surface area contributed by atoms with Crippen molar-refractivity contribution in [1.29, 1.82) is 0 Å². The van der Waals surface area contributed by atoms with Crippen LogP contribution in [-0.4, -0.2) is 63.4 Å². The van der Waals surface area contributed by atoms with Gasteiger partial charge in [-0.25, -0.2) is 8.42 Å². The summed E-state index contributed by atoms with van der Waals surface area (Å²) in [5.74, 6) is 0.692. The largest absolute Gasteiger partial charge is 0.336 e. The number of halogens is 1. The summed E-state index contributed by atoms with van der Waals surface area (Å²) in [4.78, 5) is 17.4. The van der Waals surface area contributed by atoms with Gasteiger partial charge in [0, 0.05) is 38.3 Å². The summed E-state index contributed by atoms with van der Waals surface area (Å²) in [5.41, 5.74) is 0.747. The number of hydrogen-bond acceptors (Lipinski definition) is 4. The van der Waals surface area contributed by atoms with Gasteiger partial charge in [0.25, 0.3) is 15.9 Å². The van der Waals surface area contributed by atoms with Crippen molar-refractivity contribution in [3.63, 3.8) is 0 Å². The van der Waals surface area contributed by atoms with Gasteiger partial charge >= 0.3 is 0 Å². The van der Waals surface area contributed by atoms with Crippen LogP contribution in [0.25, 0.3) is 0 Å². The number of amides is 1. The van der Waals surface area contributed by atoms with Gasteiger partial charge in [0.15, 0.2) is 0 Å². The third-order valence-corrected chi connectivity index (χ3v) is 8.05. The summed E-state index contributed by atoms with van der Waals surface area (Å²) in [6.45, 7) is 7.91. The maximum absolute atomic E-state index is 13.5. The van der Waals surface area contributed by atoms with Crippen LogP contribution in [-0.2, 0) is 10.0 Å². The lowest BCUT2D eigenvalue weighted by atomic mass is 10.2. The molecule has 170 valence electrons. The minimum Gasteiger partial charge on any atom is -0.336 e. The van der Waals surface area contributed by atoms with Gasteiger partial charge in [0.1, 0.15) is 0 Å². The van der Waals surface area contributed by atoms with Crippen LogP contribution in [0.1, 0.15) is 23.2 Å². The lowest BCUT2D eigenvalue weighted by Gasteiger charge is -2.35. The number of para-hydroxylation sites is 1. The molecule has 1 amide bonds. The number of benzene rings is 2. The zero-order valence-electron chi connectivity index (χ0n) is 18.0. The molecule has 1 heterocycles. The topological polar surface area (TPSA) is 60.9 Å². The number of rotatable bonds is 8. The molecule has 0 aromatic heterocycles. The lowest BCUT2D eigenvalue weighted by Crippen LogP contribution is -2.49. The van der Waals surface area contributed by atoms with E-state index in [1.54, 1.807) is 36.4 Å². The van der Waals surface area contributed by atoms with Gasteiger partial charge in [-0.15, -0.1) is 6.58 Å². The van der Waals surface area contributed by atoms with Crippen molar-refractivity contribution < 1.29 is 13.2 Å². The third-order valence-electron chi connectivity index (χ3n) is 5.96. The molecule has 0 bridgehead atoms. The molecule has 6 nitrogen and oxygen atoms in total. The molecule has 32 heavy (non-hydrogen) atoms. The highest BCUT2D eigenvalue weighted by Crippen LogP contribution is 2.31. The Balaban J connectivity index is 1.54. The van der Waals surface area contributed by atoms with Gasteiger partial charge in [0.2, 0.25) is 0 Å². The molecule has 1 aliphatic heterocycles. The highest BCUT2D eigenvalue weighted by molar-refractivity contribution is 7.92. The van der Waals surface area contributed by atoms with Crippen LogP contribution in [0.15, 0.2) is 66.1 Å². The van der Waals surface area contributed by atoms with Crippen LogP contribution in [0.3, 0.4) is 0 Å². The molecule has 4 rings (SSSR count). The molecule has 0 radical (unpaired) electrons. The molecule has 2 aliphatic rings. The Morgan fingerprint density at radius 2 is 1.81 bits per heavy atom. The first-order valence-electron chi connectivity index (χ1n) is 10.9. The smallest absolute Gasteiger partial charge is 0.264 e. The van der Waals surface area contributed by atoms with Crippen LogP contribution < -0.4 is 4.31 Å². The number of sulfonamides is 1. The SMILES string of the molecule is C=CCN(c1ccccc1Cl)S(=O)(=O)c1cccc(C(=O)N2CCN(CC3CC3)CC2)c1. The molecule has 2 aromatic rings. The zero-order valence-corrected chi connectivity index (χ0v) is 19.6. The van der Waals surface area contributed by atoms with Gasteiger partial charge in [-0.1, -0.05) is 35.9 Å². The van der Waals surface area contributed by atoms with Crippen molar-refractivity contribution in [3.05, 3.63) is 71.8 Å². The van der Waals surface area contributed by atoms with E-state index in [4.69, 9.17) is 11.6 Å². The van der Waals surface area contributed by atoms with Crippen LogP contribution in [0.4, 0.5) is 5.69 Å².